The van der Waals surface area contributed by atoms with Crippen LogP contribution in [0.15, 0.2) is 23.4 Å². The smallest absolute Gasteiger partial charge is 0.230 e. The highest BCUT2D eigenvalue weighted by Gasteiger charge is 2.16. The summed E-state index contributed by atoms with van der Waals surface area (Å²) in [4.78, 5) is 12.2. The normalized spacial score (nSPS) is 12.1. The van der Waals surface area contributed by atoms with Gasteiger partial charge in [0.15, 0.2) is 17.3 Å². The molecule has 1 amide bonds. The number of carbonyl (C=O) groups excluding carboxylic acids is 1. The molecule has 0 radical (unpaired) electrons. The van der Waals surface area contributed by atoms with Gasteiger partial charge in [-0.1, -0.05) is 25.6 Å². The Bertz CT molecular complexity index is 794. The quantitative estimate of drug-likeness (QED) is 0.461. The van der Waals surface area contributed by atoms with Gasteiger partial charge >= 0.3 is 0 Å². The molecule has 1 unspecified atom stereocenters. The Balaban J connectivity index is 1.99. The third-order valence-corrected chi connectivity index (χ3v) is 5.17. The van der Waals surface area contributed by atoms with Crippen LogP contribution in [0.1, 0.15) is 33.6 Å². The molecule has 0 fully saturated rings. The van der Waals surface area contributed by atoms with Crippen molar-refractivity contribution in [1.82, 2.24) is 20.2 Å². The maximum absolute atomic E-state index is 12.2. The largest absolute Gasteiger partial charge is 0.493 e. The van der Waals surface area contributed by atoms with Gasteiger partial charge in [-0.2, -0.15) is 0 Å². The van der Waals surface area contributed by atoms with Gasteiger partial charge in [-0.15, -0.1) is 10.2 Å². The fourth-order valence-corrected chi connectivity index (χ4v) is 3.32. The van der Waals surface area contributed by atoms with Gasteiger partial charge in [0, 0.05) is 11.6 Å². The number of aromatic nitrogens is 3. The number of hydrogen-bond donors (Lipinski definition) is 2. The number of methoxy groups -OCH3 is 2. The SMILES string of the molecule is COc1ccc(-c2nnc(SCC(=O)NC(C)CCC(C)C)n2N)cc1OC. The zero-order chi connectivity index (χ0) is 20.7. The molecule has 1 aromatic heterocycles. The number of nitrogens with two attached hydrogens (primary N) is 1. The van der Waals surface area contributed by atoms with Crippen molar-refractivity contribution < 1.29 is 14.3 Å². The van der Waals surface area contributed by atoms with E-state index in [4.69, 9.17) is 15.3 Å². The van der Waals surface area contributed by atoms with E-state index in [0.29, 0.717) is 28.4 Å². The summed E-state index contributed by atoms with van der Waals surface area (Å²) >= 11 is 1.25. The van der Waals surface area contributed by atoms with Crippen LogP contribution in [-0.4, -0.2) is 46.8 Å². The molecule has 0 aliphatic carbocycles. The van der Waals surface area contributed by atoms with E-state index in [1.54, 1.807) is 26.4 Å². The summed E-state index contributed by atoms with van der Waals surface area (Å²) < 4.78 is 11.9. The van der Waals surface area contributed by atoms with Crippen LogP contribution >= 0.6 is 11.8 Å². The molecule has 0 aliphatic heterocycles. The van der Waals surface area contributed by atoms with Crippen molar-refractivity contribution in [2.45, 2.75) is 44.8 Å². The Morgan fingerprint density at radius 1 is 1.18 bits per heavy atom. The van der Waals surface area contributed by atoms with Crippen LogP contribution in [0.2, 0.25) is 0 Å². The van der Waals surface area contributed by atoms with Crippen LogP contribution in [-0.2, 0) is 4.79 Å². The van der Waals surface area contributed by atoms with E-state index in [-0.39, 0.29) is 17.7 Å². The zero-order valence-electron chi connectivity index (χ0n) is 17.1. The molecule has 8 nitrogen and oxygen atoms in total. The molecule has 0 saturated carbocycles. The maximum atomic E-state index is 12.2. The number of thioether (sulfide) groups is 1. The molecule has 0 spiro atoms. The topological polar surface area (TPSA) is 104 Å². The van der Waals surface area contributed by atoms with Gasteiger partial charge in [0.2, 0.25) is 11.1 Å². The van der Waals surface area contributed by atoms with Crippen molar-refractivity contribution in [3.8, 4) is 22.9 Å². The Hall–Kier alpha value is -2.42. The third-order valence-electron chi connectivity index (χ3n) is 4.22. The molecule has 0 aliphatic rings. The number of benzene rings is 1. The number of nitrogens with one attached hydrogen (secondary N) is 1. The van der Waals surface area contributed by atoms with Crippen LogP contribution < -0.4 is 20.6 Å². The number of nitrogen functional groups attached to an aromatic ring is 1. The summed E-state index contributed by atoms with van der Waals surface area (Å²) in [5.74, 6) is 8.62. The molecule has 9 heteroatoms. The Labute approximate surface area is 170 Å². The van der Waals surface area contributed by atoms with Crippen molar-refractivity contribution in [1.29, 1.82) is 0 Å². The van der Waals surface area contributed by atoms with Gasteiger partial charge in [0.25, 0.3) is 0 Å². The van der Waals surface area contributed by atoms with Crippen LogP contribution in [0, 0.1) is 5.92 Å². The molecule has 2 rings (SSSR count). The molecular weight excluding hydrogens is 378 g/mol. The lowest BCUT2D eigenvalue weighted by atomic mass is 10.0. The Morgan fingerprint density at radius 2 is 1.89 bits per heavy atom. The molecule has 28 heavy (non-hydrogen) atoms. The number of carbonyl (C=O) groups is 1. The summed E-state index contributed by atoms with van der Waals surface area (Å²) in [6.07, 6.45) is 2.05. The summed E-state index contributed by atoms with van der Waals surface area (Å²) in [6, 6.07) is 5.53. The molecule has 2 aromatic rings. The van der Waals surface area contributed by atoms with Crippen molar-refractivity contribution in [3.05, 3.63) is 18.2 Å². The molecule has 1 atom stereocenters. The first-order valence-electron chi connectivity index (χ1n) is 9.20. The van der Waals surface area contributed by atoms with Crippen molar-refractivity contribution >= 4 is 17.7 Å². The first-order valence-corrected chi connectivity index (χ1v) is 10.2. The highest BCUT2D eigenvalue weighted by molar-refractivity contribution is 7.99. The van der Waals surface area contributed by atoms with Gasteiger partial charge in [-0.05, 0) is 43.9 Å². The Morgan fingerprint density at radius 3 is 2.54 bits per heavy atom. The molecule has 1 heterocycles. The zero-order valence-corrected chi connectivity index (χ0v) is 17.9. The minimum atomic E-state index is -0.0445. The molecule has 1 aromatic carbocycles. The van der Waals surface area contributed by atoms with Gasteiger partial charge in [0.05, 0.1) is 20.0 Å². The highest BCUT2D eigenvalue weighted by atomic mass is 32.2. The molecule has 0 saturated heterocycles. The average Bonchev–Trinajstić information content (AvgIpc) is 3.04. The van der Waals surface area contributed by atoms with E-state index < -0.39 is 0 Å². The summed E-state index contributed by atoms with van der Waals surface area (Å²) in [5.41, 5.74) is 0.742. The second-order valence-electron chi connectivity index (χ2n) is 6.97. The van der Waals surface area contributed by atoms with E-state index in [1.165, 1.54) is 16.4 Å². The monoisotopic (exact) mass is 407 g/mol. The lowest BCUT2D eigenvalue weighted by molar-refractivity contribution is -0.119. The van der Waals surface area contributed by atoms with E-state index in [9.17, 15) is 4.79 Å². The van der Waals surface area contributed by atoms with Crippen LogP contribution in [0.3, 0.4) is 0 Å². The minimum Gasteiger partial charge on any atom is -0.493 e. The van der Waals surface area contributed by atoms with E-state index in [0.717, 1.165) is 18.4 Å². The second-order valence-corrected chi connectivity index (χ2v) is 7.92. The summed E-state index contributed by atoms with van der Waals surface area (Å²) in [6.45, 7) is 6.37. The van der Waals surface area contributed by atoms with Gasteiger partial charge < -0.3 is 20.6 Å². The standard InChI is InChI=1S/C19H29N5O3S/c1-12(2)6-7-13(3)21-17(25)11-28-19-23-22-18(24(19)20)14-8-9-15(26-4)16(10-14)27-5/h8-10,12-13H,6-7,11,20H2,1-5H3,(H,21,25). The van der Waals surface area contributed by atoms with Gasteiger partial charge in [-0.3, -0.25) is 4.79 Å². The lowest BCUT2D eigenvalue weighted by Crippen LogP contribution is -2.34. The van der Waals surface area contributed by atoms with E-state index in [2.05, 4.69) is 29.4 Å². The van der Waals surface area contributed by atoms with E-state index in [1.807, 2.05) is 13.0 Å². The number of hydrogen-bond acceptors (Lipinski definition) is 7. The second kappa shape index (κ2) is 10.2. The van der Waals surface area contributed by atoms with Crippen molar-refractivity contribution in [2.75, 3.05) is 25.8 Å². The molecule has 3 N–H and O–H groups in total. The van der Waals surface area contributed by atoms with Crippen molar-refractivity contribution in [2.24, 2.45) is 5.92 Å². The highest BCUT2D eigenvalue weighted by Crippen LogP contribution is 2.32. The fraction of sp³-hybridized carbons (Fsp3) is 0.526. The van der Waals surface area contributed by atoms with Crippen molar-refractivity contribution in [3.63, 3.8) is 0 Å². The number of ether oxygens (including phenoxy) is 2. The summed E-state index contributed by atoms with van der Waals surface area (Å²) in [5, 5.41) is 11.7. The third kappa shape index (κ3) is 5.79. The number of rotatable bonds is 10. The maximum Gasteiger partial charge on any atom is 0.230 e. The molecular formula is C19H29N5O3S. The van der Waals surface area contributed by atoms with E-state index >= 15 is 0 Å². The first-order chi connectivity index (χ1) is 13.3. The summed E-state index contributed by atoms with van der Waals surface area (Å²) in [7, 11) is 3.14. The Kier molecular flexibility index (Phi) is 7.98. The van der Waals surface area contributed by atoms with Gasteiger partial charge in [0.1, 0.15) is 0 Å². The van der Waals surface area contributed by atoms with Crippen LogP contribution in [0.5, 0.6) is 11.5 Å². The van der Waals surface area contributed by atoms with Crippen LogP contribution in [0.4, 0.5) is 0 Å². The fourth-order valence-electron chi connectivity index (χ4n) is 2.65. The predicted molar refractivity (Wildman–Crippen MR) is 111 cm³/mol. The van der Waals surface area contributed by atoms with Crippen LogP contribution in [0.25, 0.3) is 11.4 Å². The number of nitrogens with zero attached hydrogens (tertiary/aromatic N) is 3. The molecule has 0 bridgehead atoms. The minimum absolute atomic E-state index is 0.0445. The average molecular weight is 408 g/mol. The first kappa shape index (κ1) is 21.9. The van der Waals surface area contributed by atoms with Gasteiger partial charge in [-0.25, -0.2) is 4.68 Å². The number of amides is 1. The predicted octanol–water partition coefficient (Wildman–Crippen LogP) is 2.71. The lowest BCUT2D eigenvalue weighted by Gasteiger charge is -2.14. The molecule has 154 valence electrons.